The van der Waals surface area contributed by atoms with E-state index in [2.05, 4.69) is 0 Å². The molecular weight excluding hydrogens is 202 g/mol. The van der Waals surface area contributed by atoms with E-state index in [-0.39, 0.29) is 17.9 Å². The molecular formula is C11H14F2O2. The minimum Gasteiger partial charge on any atom is -0.496 e. The van der Waals surface area contributed by atoms with Crippen LogP contribution in [0.3, 0.4) is 0 Å². The fraction of sp³-hybridized carbons (Fsp3) is 0.455. The molecule has 0 radical (unpaired) electrons. The molecule has 0 bridgehead atoms. The van der Waals surface area contributed by atoms with Gasteiger partial charge in [0.05, 0.1) is 13.7 Å². The lowest BCUT2D eigenvalue weighted by Crippen LogP contribution is -2.25. The highest BCUT2D eigenvalue weighted by atomic mass is 19.2. The largest absolute Gasteiger partial charge is 0.496 e. The van der Waals surface area contributed by atoms with E-state index in [1.165, 1.54) is 13.2 Å². The van der Waals surface area contributed by atoms with Crippen LogP contribution in [0.25, 0.3) is 0 Å². The highest BCUT2D eigenvalue weighted by molar-refractivity contribution is 5.40. The number of aliphatic hydroxyl groups excluding tert-OH is 1. The molecule has 0 spiro atoms. The number of hydrogen-bond acceptors (Lipinski definition) is 2. The van der Waals surface area contributed by atoms with Gasteiger partial charge in [-0.15, -0.1) is 0 Å². The fourth-order valence-corrected chi connectivity index (χ4v) is 1.41. The second kappa shape index (κ2) is 4.14. The number of halogens is 2. The summed E-state index contributed by atoms with van der Waals surface area (Å²) in [6.07, 6.45) is 0. The monoisotopic (exact) mass is 216 g/mol. The van der Waals surface area contributed by atoms with Gasteiger partial charge in [0.2, 0.25) is 0 Å². The zero-order chi connectivity index (χ0) is 11.6. The Labute approximate surface area is 87.5 Å². The van der Waals surface area contributed by atoms with Crippen molar-refractivity contribution in [1.29, 1.82) is 0 Å². The van der Waals surface area contributed by atoms with Crippen molar-refractivity contribution in [1.82, 2.24) is 0 Å². The minimum atomic E-state index is -0.964. The maximum absolute atomic E-state index is 13.6. The molecule has 0 aliphatic carbocycles. The molecule has 0 amide bonds. The fourth-order valence-electron chi connectivity index (χ4n) is 1.41. The van der Waals surface area contributed by atoms with E-state index < -0.39 is 17.0 Å². The summed E-state index contributed by atoms with van der Waals surface area (Å²) >= 11 is 0. The van der Waals surface area contributed by atoms with Crippen molar-refractivity contribution in [2.75, 3.05) is 13.7 Å². The van der Waals surface area contributed by atoms with E-state index in [0.29, 0.717) is 0 Å². The van der Waals surface area contributed by atoms with E-state index in [9.17, 15) is 8.78 Å². The normalized spacial score (nSPS) is 11.6. The first kappa shape index (κ1) is 11.9. The maximum Gasteiger partial charge on any atom is 0.166 e. The zero-order valence-electron chi connectivity index (χ0n) is 8.97. The number of methoxy groups -OCH3 is 1. The molecule has 1 aromatic carbocycles. The van der Waals surface area contributed by atoms with Gasteiger partial charge in [-0.05, 0) is 12.1 Å². The van der Waals surface area contributed by atoms with Gasteiger partial charge in [0.15, 0.2) is 11.6 Å². The molecule has 0 aliphatic heterocycles. The molecule has 0 saturated carbocycles. The van der Waals surface area contributed by atoms with Crippen LogP contribution in [0.4, 0.5) is 8.78 Å². The van der Waals surface area contributed by atoms with Crippen LogP contribution in [-0.4, -0.2) is 18.8 Å². The lowest BCUT2D eigenvalue weighted by atomic mass is 9.84. The van der Waals surface area contributed by atoms with Gasteiger partial charge in [0.25, 0.3) is 0 Å². The van der Waals surface area contributed by atoms with E-state index >= 15 is 0 Å². The van der Waals surface area contributed by atoms with Crippen LogP contribution in [0.2, 0.25) is 0 Å². The Kier molecular flexibility index (Phi) is 3.29. The highest BCUT2D eigenvalue weighted by Crippen LogP contribution is 2.34. The van der Waals surface area contributed by atoms with Crippen LogP contribution in [0, 0.1) is 11.6 Å². The van der Waals surface area contributed by atoms with Crippen LogP contribution >= 0.6 is 0 Å². The van der Waals surface area contributed by atoms with Crippen LogP contribution in [0.1, 0.15) is 19.4 Å². The number of aliphatic hydroxyl groups is 1. The smallest absolute Gasteiger partial charge is 0.166 e. The Hall–Kier alpha value is -1.16. The van der Waals surface area contributed by atoms with Crippen molar-refractivity contribution in [3.8, 4) is 5.75 Å². The van der Waals surface area contributed by atoms with Crippen molar-refractivity contribution in [3.05, 3.63) is 29.3 Å². The third-order valence-electron chi connectivity index (χ3n) is 2.35. The van der Waals surface area contributed by atoms with Crippen molar-refractivity contribution in [2.45, 2.75) is 19.3 Å². The summed E-state index contributed by atoms with van der Waals surface area (Å²) < 4.78 is 31.6. The lowest BCUT2D eigenvalue weighted by molar-refractivity contribution is 0.209. The van der Waals surface area contributed by atoms with Gasteiger partial charge in [-0.25, -0.2) is 8.78 Å². The number of ether oxygens (including phenoxy) is 1. The predicted octanol–water partition coefficient (Wildman–Crippen LogP) is 2.24. The Morgan fingerprint density at radius 2 is 1.93 bits per heavy atom. The van der Waals surface area contributed by atoms with Gasteiger partial charge < -0.3 is 9.84 Å². The molecule has 0 aromatic heterocycles. The molecule has 0 aliphatic rings. The maximum atomic E-state index is 13.6. The van der Waals surface area contributed by atoms with E-state index in [0.717, 1.165) is 6.07 Å². The molecule has 15 heavy (non-hydrogen) atoms. The molecule has 0 heterocycles. The quantitative estimate of drug-likeness (QED) is 0.839. The summed E-state index contributed by atoms with van der Waals surface area (Å²) in [6.45, 7) is 2.95. The van der Waals surface area contributed by atoms with Gasteiger partial charge in [0, 0.05) is 11.0 Å². The molecule has 1 rings (SSSR count). The van der Waals surface area contributed by atoms with Gasteiger partial charge in [-0.2, -0.15) is 0 Å². The van der Waals surface area contributed by atoms with Crippen molar-refractivity contribution in [2.24, 2.45) is 0 Å². The highest BCUT2D eigenvalue weighted by Gasteiger charge is 2.29. The molecule has 84 valence electrons. The first-order valence-corrected chi connectivity index (χ1v) is 4.57. The van der Waals surface area contributed by atoms with Gasteiger partial charge in [-0.3, -0.25) is 0 Å². The third kappa shape index (κ3) is 2.09. The molecule has 4 heteroatoms. The van der Waals surface area contributed by atoms with E-state index in [1.807, 2.05) is 0 Å². The Morgan fingerprint density at radius 3 is 2.40 bits per heavy atom. The zero-order valence-corrected chi connectivity index (χ0v) is 8.97. The van der Waals surface area contributed by atoms with Crippen LogP contribution in [0.5, 0.6) is 5.75 Å². The molecule has 0 saturated heterocycles. The van der Waals surface area contributed by atoms with Gasteiger partial charge in [-0.1, -0.05) is 13.8 Å². The Balaban J connectivity index is 3.42. The van der Waals surface area contributed by atoms with E-state index in [1.54, 1.807) is 13.8 Å². The molecule has 1 N–H and O–H groups in total. The summed E-state index contributed by atoms with van der Waals surface area (Å²) in [7, 11) is 1.38. The average Bonchev–Trinajstić information content (AvgIpc) is 2.21. The van der Waals surface area contributed by atoms with Crippen LogP contribution < -0.4 is 4.74 Å². The van der Waals surface area contributed by atoms with Crippen molar-refractivity contribution in [3.63, 3.8) is 0 Å². The molecule has 2 nitrogen and oxygen atoms in total. The first-order valence-electron chi connectivity index (χ1n) is 4.57. The van der Waals surface area contributed by atoms with E-state index in [4.69, 9.17) is 9.84 Å². The first-order chi connectivity index (χ1) is 6.94. The second-order valence-corrected chi connectivity index (χ2v) is 3.98. The third-order valence-corrected chi connectivity index (χ3v) is 2.35. The molecule has 1 aromatic rings. The Bertz CT molecular complexity index is 362. The Morgan fingerprint density at radius 1 is 1.33 bits per heavy atom. The van der Waals surface area contributed by atoms with Crippen molar-refractivity contribution < 1.29 is 18.6 Å². The predicted molar refractivity (Wildman–Crippen MR) is 53.0 cm³/mol. The lowest BCUT2D eigenvalue weighted by Gasteiger charge is -2.25. The minimum absolute atomic E-state index is 0.0625. The average molecular weight is 216 g/mol. The summed E-state index contributed by atoms with van der Waals surface area (Å²) in [4.78, 5) is 0. The van der Waals surface area contributed by atoms with Gasteiger partial charge in [0.1, 0.15) is 5.75 Å². The van der Waals surface area contributed by atoms with Crippen molar-refractivity contribution >= 4 is 0 Å². The summed E-state index contributed by atoms with van der Waals surface area (Å²) in [5.41, 5.74) is -0.815. The molecule has 0 unspecified atom stereocenters. The van der Waals surface area contributed by atoms with Gasteiger partial charge >= 0.3 is 0 Å². The summed E-state index contributed by atoms with van der Waals surface area (Å²) in [5.74, 6) is -1.66. The number of rotatable bonds is 3. The SMILES string of the molecule is COc1ccc(F)c(F)c1C(C)(C)CO. The van der Waals surface area contributed by atoms with Crippen LogP contribution in [-0.2, 0) is 5.41 Å². The number of benzene rings is 1. The van der Waals surface area contributed by atoms with Crippen LogP contribution in [0.15, 0.2) is 12.1 Å². The topological polar surface area (TPSA) is 29.5 Å². The molecule has 0 atom stereocenters. The second-order valence-electron chi connectivity index (χ2n) is 3.98. The number of hydrogen-bond donors (Lipinski definition) is 1. The molecule has 0 fully saturated rings. The standard InChI is InChI=1S/C11H14F2O2/c1-11(2,6-14)9-8(15-3)5-4-7(12)10(9)13/h4-5,14H,6H2,1-3H3. The summed E-state index contributed by atoms with van der Waals surface area (Å²) in [6, 6.07) is 2.36. The summed E-state index contributed by atoms with van der Waals surface area (Å²) in [5, 5.41) is 9.14.